The summed E-state index contributed by atoms with van der Waals surface area (Å²) in [6, 6.07) is 22.8. The maximum atomic E-state index is 13.2. The summed E-state index contributed by atoms with van der Waals surface area (Å²) in [6.45, 7) is 11.9. The van der Waals surface area contributed by atoms with Gasteiger partial charge in [0.05, 0.1) is 24.8 Å². The number of thioether (sulfide) groups is 1. The Morgan fingerprint density at radius 3 is 2.12 bits per heavy atom. The van der Waals surface area contributed by atoms with Gasteiger partial charge >= 0.3 is 12.1 Å². The van der Waals surface area contributed by atoms with Gasteiger partial charge in [0.25, 0.3) is 0 Å². The predicted molar refractivity (Wildman–Crippen MR) is 162 cm³/mol. The summed E-state index contributed by atoms with van der Waals surface area (Å²) in [6.07, 6.45) is -0.698. The minimum atomic E-state index is -0.845. The third-order valence-corrected chi connectivity index (χ3v) is 7.46. The van der Waals surface area contributed by atoms with Crippen molar-refractivity contribution in [2.24, 2.45) is 0 Å². The molecule has 0 heterocycles. The maximum Gasteiger partial charge on any atom is 0.410 e. The summed E-state index contributed by atoms with van der Waals surface area (Å²) in [7, 11) is 1.39. The van der Waals surface area contributed by atoms with E-state index in [1.165, 1.54) is 7.11 Å². The molecule has 3 aromatic carbocycles. The number of rotatable bonds is 10. The molecule has 0 aromatic heterocycles. The zero-order valence-corrected chi connectivity index (χ0v) is 25.3. The van der Waals surface area contributed by atoms with Crippen LogP contribution in [-0.4, -0.2) is 52.6 Å². The van der Waals surface area contributed by atoms with Crippen LogP contribution >= 0.6 is 11.8 Å². The minimum Gasteiger partial charge on any atom is -0.465 e. The molecule has 0 saturated carbocycles. The van der Waals surface area contributed by atoms with Crippen LogP contribution in [0.5, 0.6) is 0 Å². The molecule has 1 N–H and O–H groups in total. The molecule has 214 valence electrons. The highest BCUT2D eigenvalue weighted by molar-refractivity contribution is 8.00. The first-order valence-electron chi connectivity index (χ1n) is 13.6. The Bertz CT molecular complexity index is 1270. The van der Waals surface area contributed by atoms with E-state index in [0.29, 0.717) is 23.8 Å². The van der Waals surface area contributed by atoms with Gasteiger partial charge in [-0.2, -0.15) is 0 Å². The van der Waals surface area contributed by atoms with Gasteiger partial charge in [-0.3, -0.25) is 0 Å². The molecular weight excluding hydrogens is 522 g/mol. The van der Waals surface area contributed by atoms with Gasteiger partial charge in [-0.05, 0) is 68.5 Å². The van der Waals surface area contributed by atoms with E-state index in [1.807, 2.05) is 100 Å². The van der Waals surface area contributed by atoms with Crippen molar-refractivity contribution in [2.45, 2.75) is 75.9 Å². The van der Waals surface area contributed by atoms with Crippen LogP contribution in [0.3, 0.4) is 0 Å². The number of hydrogen-bond acceptors (Lipinski definition) is 6. The van der Waals surface area contributed by atoms with Crippen molar-refractivity contribution in [3.05, 3.63) is 89.5 Å². The van der Waals surface area contributed by atoms with Crippen LogP contribution < -0.4 is 0 Å². The topological polar surface area (TPSA) is 76.1 Å². The largest absolute Gasteiger partial charge is 0.465 e. The highest BCUT2D eigenvalue weighted by Crippen LogP contribution is 2.32. The Morgan fingerprint density at radius 2 is 1.55 bits per heavy atom. The second-order valence-corrected chi connectivity index (χ2v) is 12.7. The molecule has 0 spiro atoms. The van der Waals surface area contributed by atoms with Gasteiger partial charge in [0.2, 0.25) is 0 Å². The Hall–Kier alpha value is -3.29. The number of methoxy groups -OCH3 is 1. The zero-order valence-electron chi connectivity index (χ0n) is 24.5. The van der Waals surface area contributed by atoms with Gasteiger partial charge in [-0.15, -0.1) is 11.8 Å². The number of hydrogen-bond donors (Lipinski definition) is 1. The van der Waals surface area contributed by atoms with Crippen LogP contribution in [0.25, 0.3) is 11.1 Å². The van der Waals surface area contributed by atoms with E-state index in [4.69, 9.17) is 9.47 Å². The fourth-order valence-corrected chi connectivity index (χ4v) is 5.31. The monoisotopic (exact) mass is 563 g/mol. The number of amides is 1. The van der Waals surface area contributed by atoms with E-state index < -0.39 is 23.8 Å². The average molecular weight is 564 g/mol. The fraction of sp³-hybridized carbons (Fsp3) is 0.394. The van der Waals surface area contributed by atoms with E-state index in [9.17, 15) is 14.7 Å². The van der Waals surface area contributed by atoms with Crippen LogP contribution in [0.1, 0.15) is 69.1 Å². The molecule has 2 atom stereocenters. The number of benzene rings is 3. The average Bonchev–Trinajstić information content (AvgIpc) is 2.91. The number of esters is 1. The first-order chi connectivity index (χ1) is 18.9. The molecule has 7 heteroatoms. The van der Waals surface area contributed by atoms with Crippen molar-refractivity contribution in [1.82, 2.24) is 4.90 Å². The van der Waals surface area contributed by atoms with E-state index >= 15 is 0 Å². The quantitative estimate of drug-likeness (QED) is 0.203. The van der Waals surface area contributed by atoms with Crippen molar-refractivity contribution >= 4 is 23.8 Å². The number of aliphatic hydroxyl groups excluding tert-OH is 1. The molecular formula is C33H41NO5S. The third-order valence-electron chi connectivity index (χ3n) is 6.40. The van der Waals surface area contributed by atoms with E-state index in [1.54, 1.807) is 16.7 Å². The molecule has 1 amide bonds. The molecule has 0 aliphatic heterocycles. The van der Waals surface area contributed by atoms with E-state index in [0.717, 1.165) is 27.1 Å². The lowest BCUT2D eigenvalue weighted by atomic mass is 10.0. The summed E-state index contributed by atoms with van der Waals surface area (Å²) in [5, 5.41) is 11.3. The predicted octanol–water partition coefficient (Wildman–Crippen LogP) is 7.54. The normalized spacial score (nSPS) is 13.0. The van der Waals surface area contributed by atoms with Crippen LogP contribution in [0.15, 0.2) is 77.7 Å². The lowest BCUT2D eigenvalue weighted by Crippen LogP contribution is -2.45. The van der Waals surface area contributed by atoms with Crippen molar-refractivity contribution in [2.75, 3.05) is 13.7 Å². The number of carbonyl (C=O) groups excluding carboxylic acids is 2. The van der Waals surface area contributed by atoms with Crippen molar-refractivity contribution in [3.63, 3.8) is 0 Å². The number of carbonyl (C=O) groups is 2. The van der Waals surface area contributed by atoms with Crippen molar-refractivity contribution < 1.29 is 24.2 Å². The van der Waals surface area contributed by atoms with Gasteiger partial charge in [-0.25, -0.2) is 9.59 Å². The first-order valence-corrected chi connectivity index (χ1v) is 14.5. The molecule has 0 fully saturated rings. The van der Waals surface area contributed by atoms with Crippen LogP contribution in [0.2, 0.25) is 0 Å². The summed E-state index contributed by atoms with van der Waals surface area (Å²) in [5.74, 6) is -0.341. The number of ether oxygens (including phenoxy) is 2. The van der Waals surface area contributed by atoms with Crippen molar-refractivity contribution in [1.29, 1.82) is 0 Å². The molecule has 0 unspecified atom stereocenters. The summed E-state index contributed by atoms with van der Waals surface area (Å²) in [5.41, 5.74) is 3.77. The second-order valence-electron chi connectivity index (χ2n) is 11.1. The zero-order chi connectivity index (χ0) is 29.4. The standard InChI is InChI=1S/C33H41NO5S/c1-22(2)40-29-21-27(17-18-28(29)31(36)38-7)25-15-13-24(14-16-25)19-20-34(32(37)39-33(4,5)6)23(3)30(35)26-11-9-8-10-12-26/h8-18,21-23,30,35H,19-20H2,1-7H3/t23-,30+/m0/s1. The van der Waals surface area contributed by atoms with E-state index in [2.05, 4.69) is 13.8 Å². The molecule has 0 bridgehead atoms. The van der Waals surface area contributed by atoms with Gasteiger partial charge in [-0.1, -0.05) is 74.5 Å². The lowest BCUT2D eigenvalue weighted by Gasteiger charge is -2.34. The summed E-state index contributed by atoms with van der Waals surface area (Å²) >= 11 is 1.63. The summed E-state index contributed by atoms with van der Waals surface area (Å²) in [4.78, 5) is 27.9. The fourth-order valence-electron chi connectivity index (χ4n) is 4.33. The van der Waals surface area contributed by atoms with Crippen LogP contribution in [-0.2, 0) is 15.9 Å². The highest BCUT2D eigenvalue weighted by Gasteiger charge is 2.30. The Labute approximate surface area is 242 Å². The molecule has 0 radical (unpaired) electrons. The molecule has 6 nitrogen and oxygen atoms in total. The molecule has 3 aromatic rings. The summed E-state index contributed by atoms with van der Waals surface area (Å²) < 4.78 is 10.6. The Kier molecular flexibility index (Phi) is 10.8. The second kappa shape index (κ2) is 13.9. The van der Waals surface area contributed by atoms with Crippen molar-refractivity contribution in [3.8, 4) is 11.1 Å². The van der Waals surface area contributed by atoms with Gasteiger partial charge in [0.1, 0.15) is 5.60 Å². The molecule has 40 heavy (non-hydrogen) atoms. The third kappa shape index (κ3) is 8.60. The van der Waals surface area contributed by atoms with Crippen LogP contribution in [0.4, 0.5) is 4.79 Å². The molecule has 3 rings (SSSR count). The minimum absolute atomic E-state index is 0.316. The van der Waals surface area contributed by atoms with Gasteiger partial charge < -0.3 is 19.5 Å². The maximum absolute atomic E-state index is 13.2. The Morgan fingerprint density at radius 1 is 0.925 bits per heavy atom. The number of aliphatic hydroxyl groups is 1. The lowest BCUT2D eigenvalue weighted by molar-refractivity contribution is -0.00239. The highest BCUT2D eigenvalue weighted by atomic mass is 32.2. The molecule has 0 aliphatic rings. The molecule has 0 saturated heterocycles. The first kappa shape index (κ1) is 31.2. The Balaban J connectivity index is 1.79. The number of nitrogens with zero attached hydrogens (tertiary/aromatic N) is 1. The van der Waals surface area contributed by atoms with Gasteiger partial charge in [0, 0.05) is 16.7 Å². The van der Waals surface area contributed by atoms with Crippen LogP contribution in [0, 0.1) is 0 Å². The van der Waals surface area contributed by atoms with Gasteiger partial charge in [0.15, 0.2) is 0 Å². The SMILES string of the molecule is COC(=O)c1ccc(-c2ccc(CCN(C(=O)OC(C)(C)C)[C@@H](C)[C@@H](O)c3ccccc3)cc2)cc1SC(C)C. The van der Waals surface area contributed by atoms with E-state index in [-0.39, 0.29) is 5.97 Å². The smallest absolute Gasteiger partial charge is 0.410 e. The molecule has 0 aliphatic carbocycles.